The van der Waals surface area contributed by atoms with Crippen LogP contribution in [0.1, 0.15) is 15.9 Å². The molecule has 18 heavy (non-hydrogen) atoms. The number of carbonyl (C=O) groups excluding carboxylic acids is 1. The van der Waals surface area contributed by atoms with Crippen molar-refractivity contribution in [2.24, 2.45) is 5.73 Å². The lowest BCUT2D eigenvalue weighted by Crippen LogP contribution is -2.20. The van der Waals surface area contributed by atoms with E-state index in [1.54, 1.807) is 22.6 Å². The summed E-state index contributed by atoms with van der Waals surface area (Å²) >= 11 is 1.67. The lowest BCUT2D eigenvalue weighted by molar-refractivity contribution is -0.276. The molecular formula is C9H8F3IN2O3. The number of esters is 1. The fourth-order valence-corrected chi connectivity index (χ4v) is 1.92. The molecule has 0 atom stereocenters. The van der Waals surface area contributed by atoms with Crippen LogP contribution in [-0.4, -0.2) is 24.4 Å². The third-order valence-corrected chi connectivity index (χ3v) is 2.77. The standard InChI is InChI=1S/C9H8F3IN2O3/c1-17-8(16)4-2-6(18-9(10,11)12)15-7(13)5(4)3-14/h2H,3,14H2,1H3. The van der Waals surface area contributed by atoms with E-state index in [-0.39, 0.29) is 15.8 Å². The summed E-state index contributed by atoms with van der Waals surface area (Å²) in [6, 6.07) is 0.851. The van der Waals surface area contributed by atoms with E-state index in [0.717, 1.165) is 13.2 Å². The van der Waals surface area contributed by atoms with Gasteiger partial charge in [-0.2, -0.15) is 0 Å². The summed E-state index contributed by atoms with van der Waals surface area (Å²) in [5, 5.41) is 0. The summed E-state index contributed by atoms with van der Waals surface area (Å²) < 4.78 is 44.5. The first-order valence-corrected chi connectivity index (χ1v) is 5.60. The zero-order valence-corrected chi connectivity index (χ0v) is 11.2. The Labute approximate surface area is 114 Å². The highest BCUT2D eigenvalue weighted by molar-refractivity contribution is 14.1. The van der Waals surface area contributed by atoms with Crippen molar-refractivity contribution in [3.63, 3.8) is 0 Å². The topological polar surface area (TPSA) is 74.4 Å². The van der Waals surface area contributed by atoms with Gasteiger partial charge in [-0.15, -0.1) is 13.2 Å². The maximum absolute atomic E-state index is 12.1. The highest BCUT2D eigenvalue weighted by atomic mass is 127. The number of halogens is 4. The van der Waals surface area contributed by atoms with Gasteiger partial charge in [-0.05, 0) is 22.6 Å². The van der Waals surface area contributed by atoms with Gasteiger partial charge in [0.05, 0.1) is 12.7 Å². The van der Waals surface area contributed by atoms with Crippen molar-refractivity contribution in [2.75, 3.05) is 7.11 Å². The maximum atomic E-state index is 12.1. The molecule has 1 aromatic heterocycles. The Morgan fingerprint density at radius 3 is 2.61 bits per heavy atom. The molecule has 0 radical (unpaired) electrons. The molecule has 0 fully saturated rings. The predicted molar refractivity (Wildman–Crippen MR) is 62.9 cm³/mol. The second-order valence-electron chi connectivity index (χ2n) is 3.02. The van der Waals surface area contributed by atoms with Crippen LogP contribution in [-0.2, 0) is 11.3 Å². The lowest BCUT2D eigenvalue weighted by atomic mass is 10.1. The van der Waals surface area contributed by atoms with Crippen molar-refractivity contribution >= 4 is 28.6 Å². The monoisotopic (exact) mass is 376 g/mol. The van der Waals surface area contributed by atoms with Crippen molar-refractivity contribution in [1.29, 1.82) is 0 Å². The molecule has 1 aromatic rings. The molecule has 0 aliphatic carbocycles. The predicted octanol–water partition coefficient (Wildman–Crippen LogP) is 1.83. The van der Waals surface area contributed by atoms with Crippen molar-refractivity contribution in [3.05, 3.63) is 20.9 Å². The summed E-state index contributed by atoms with van der Waals surface area (Å²) in [6.07, 6.45) is -4.88. The molecular weight excluding hydrogens is 368 g/mol. The van der Waals surface area contributed by atoms with Crippen LogP contribution in [0.15, 0.2) is 6.07 Å². The van der Waals surface area contributed by atoms with E-state index < -0.39 is 18.2 Å². The van der Waals surface area contributed by atoms with Crippen LogP contribution < -0.4 is 10.5 Å². The number of rotatable bonds is 3. The molecule has 0 spiro atoms. The number of hydrogen-bond donors (Lipinski definition) is 1. The van der Waals surface area contributed by atoms with E-state index in [0.29, 0.717) is 5.56 Å². The van der Waals surface area contributed by atoms with E-state index in [2.05, 4.69) is 14.5 Å². The van der Waals surface area contributed by atoms with Crippen molar-refractivity contribution in [1.82, 2.24) is 4.98 Å². The van der Waals surface area contributed by atoms with E-state index in [9.17, 15) is 18.0 Å². The molecule has 2 N–H and O–H groups in total. The van der Waals surface area contributed by atoms with Gasteiger partial charge in [-0.1, -0.05) is 0 Å². The zero-order chi connectivity index (χ0) is 13.9. The second-order valence-corrected chi connectivity index (χ2v) is 4.04. The van der Waals surface area contributed by atoms with Gasteiger partial charge in [0, 0.05) is 18.2 Å². The molecule has 0 unspecified atom stereocenters. The number of ether oxygens (including phenoxy) is 2. The van der Waals surface area contributed by atoms with Gasteiger partial charge in [0.15, 0.2) is 0 Å². The molecule has 5 nitrogen and oxygen atoms in total. The highest BCUT2D eigenvalue weighted by Crippen LogP contribution is 2.26. The maximum Gasteiger partial charge on any atom is 0.574 e. The molecule has 0 bridgehead atoms. The van der Waals surface area contributed by atoms with Gasteiger partial charge in [0.2, 0.25) is 5.88 Å². The minimum Gasteiger partial charge on any atom is -0.465 e. The van der Waals surface area contributed by atoms with E-state index in [4.69, 9.17) is 5.73 Å². The number of aromatic nitrogens is 1. The minimum absolute atomic E-state index is 0.0536. The van der Waals surface area contributed by atoms with Gasteiger partial charge in [-0.3, -0.25) is 0 Å². The smallest absolute Gasteiger partial charge is 0.465 e. The highest BCUT2D eigenvalue weighted by Gasteiger charge is 2.32. The summed E-state index contributed by atoms with van der Waals surface area (Å²) in [5.41, 5.74) is 5.61. The van der Waals surface area contributed by atoms with Crippen LogP contribution in [0.4, 0.5) is 13.2 Å². The molecule has 0 amide bonds. The lowest BCUT2D eigenvalue weighted by Gasteiger charge is -2.12. The summed E-state index contributed by atoms with van der Waals surface area (Å²) in [5.74, 6) is -1.53. The molecule has 1 rings (SSSR count). The van der Waals surface area contributed by atoms with Crippen molar-refractivity contribution in [2.45, 2.75) is 12.9 Å². The Kier molecular flexibility index (Phi) is 4.73. The van der Waals surface area contributed by atoms with Gasteiger partial charge in [0.1, 0.15) is 3.70 Å². The molecule has 0 saturated heterocycles. The third-order valence-electron chi connectivity index (χ3n) is 1.88. The second kappa shape index (κ2) is 5.69. The number of nitrogens with two attached hydrogens (primary N) is 1. The van der Waals surface area contributed by atoms with Gasteiger partial charge in [0.25, 0.3) is 0 Å². The Balaban J connectivity index is 3.26. The normalized spacial score (nSPS) is 11.2. The van der Waals surface area contributed by atoms with Crippen LogP contribution in [0.5, 0.6) is 5.88 Å². The van der Waals surface area contributed by atoms with Crippen LogP contribution in [0.3, 0.4) is 0 Å². The third kappa shape index (κ3) is 3.70. The SMILES string of the molecule is COC(=O)c1cc(OC(F)(F)F)nc(I)c1CN. The molecule has 0 saturated carbocycles. The van der Waals surface area contributed by atoms with Crippen LogP contribution >= 0.6 is 22.6 Å². The van der Waals surface area contributed by atoms with Crippen LogP contribution in [0.2, 0.25) is 0 Å². The number of alkyl halides is 3. The molecule has 100 valence electrons. The largest absolute Gasteiger partial charge is 0.574 e. The average Bonchev–Trinajstić information content (AvgIpc) is 2.25. The summed E-state index contributed by atoms with van der Waals surface area (Å²) in [4.78, 5) is 15.0. The Morgan fingerprint density at radius 1 is 1.56 bits per heavy atom. The van der Waals surface area contributed by atoms with E-state index in [1.807, 2.05) is 0 Å². The van der Waals surface area contributed by atoms with Crippen molar-refractivity contribution < 1.29 is 27.4 Å². The Hall–Kier alpha value is -1.10. The average molecular weight is 376 g/mol. The van der Waals surface area contributed by atoms with E-state index in [1.165, 1.54) is 0 Å². The first-order valence-electron chi connectivity index (χ1n) is 4.52. The van der Waals surface area contributed by atoms with Crippen LogP contribution in [0, 0.1) is 3.70 Å². The number of carbonyl (C=O) groups is 1. The Morgan fingerprint density at radius 2 is 2.17 bits per heavy atom. The number of pyridine rings is 1. The molecule has 1 heterocycles. The van der Waals surface area contributed by atoms with E-state index >= 15 is 0 Å². The number of nitrogens with zero attached hydrogens (tertiary/aromatic N) is 1. The zero-order valence-electron chi connectivity index (χ0n) is 9.05. The summed E-state index contributed by atoms with van der Waals surface area (Å²) in [6.45, 7) is -0.0536. The molecule has 0 aliphatic heterocycles. The molecule has 0 aromatic carbocycles. The minimum atomic E-state index is -4.88. The van der Waals surface area contributed by atoms with Crippen LogP contribution in [0.25, 0.3) is 0 Å². The van der Waals surface area contributed by atoms with Gasteiger partial charge in [-0.25, -0.2) is 9.78 Å². The van der Waals surface area contributed by atoms with Crippen molar-refractivity contribution in [3.8, 4) is 5.88 Å². The number of hydrogen-bond acceptors (Lipinski definition) is 5. The quantitative estimate of drug-likeness (QED) is 0.495. The molecule has 0 aliphatic rings. The summed E-state index contributed by atoms with van der Waals surface area (Å²) in [7, 11) is 1.11. The fraction of sp³-hybridized carbons (Fsp3) is 0.333. The van der Waals surface area contributed by atoms with Gasteiger partial charge < -0.3 is 15.2 Å². The fourth-order valence-electron chi connectivity index (χ4n) is 1.18. The molecule has 9 heteroatoms. The number of methoxy groups -OCH3 is 1. The van der Waals surface area contributed by atoms with Gasteiger partial charge >= 0.3 is 12.3 Å². The Bertz CT molecular complexity index is 465. The first kappa shape index (κ1) is 15.0. The first-order chi connectivity index (χ1) is 8.28.